The van der Waals surface area contributed by atoms with Crippen LogP contribution in [-0.4, -0.2) is 41.4 Å². The summed E-state index contributed by atoms with van der Waals surface area (Å²) in [5.41, 5.74) is 0. The van der Waals surface area contributed by atoms with Gasteiger partial charge in [0.05, 0.1) is 12.7 Å². The first kappa shape index (κ1) is 6.54. The number of fused-ring (bicyclic) bond motifs is 2. The lowest BCUT2D eigenvalue weighted by Crippen LogP contribution is -2.41. The van der Waals surface area contributed by atoms with Gasteiger partial charge in [0, 0.05) is 6.42 Å². The Morgan fingerprint density at radius 3 is 2.80 bits per heavy atom. The number of aliphatic hydroxyl groups is 2. The van der Waals surface area contributed by atoms with Crippen LogP contribution in [0.5, 0.6) is 0 Å². The average molecular weight is 146 g/mol. The van der Waals surface area contributed by atoms with Crippen LogP contribution in [0.25, 0.3) is 0 Å². The standard InChI is InChI=1S/C6H10O4/c7-3-1-4(8)6-9-2-5(3)10-6/h3-8H,1-2H2/t3-,4+,5+,6+/m0/s1. The summed E-state index contributed by atoms with van der Waals surface area (Å²) in [6.45, 7) is 0.406. The van der Waals surface area contributed by atoms with Crippen molar-refractivity contribution in [3.8, 4) is 0 Å². The molecule has 0 radical (unpaired) electrons. The van der Waals surface area contributed by atoms with Crippen molar-refractivity contribution < 1.29 is 19.7 Å². The van der Waals surface area contributed by atoms with Gasteiger partial charge in [0.1, 0.15) is 12.2 Å². The summed E-state index contributed by atoms with van der Waals surface area (Å²) in [5.74, 6) is 0. The largest absolute Gasteiger partial charge is 0.390 e. The van der Waals surface area contributed by atoms with E-state index in [1.807, 2.05) is 0 Å². The normalized spacial score (nSPS) is 53.4. The maximum Gasteiger partial charge on any atom is 0.184 e. The molecule has 2 heterocycles. The lowest BCUT2D eigenvalue weighted by molar-refractivity contribution is -0.181. The van der Waals surface area contributed by atoms with Crippen molar-refractivity contribution in [2.45, 2.75) is 31.0 Å². The zero-order chi connectivity index (χ0) is 7.14. The minimum atomic E-state index is -0.659. The summed E-state index contributed by atoms with van der Waals surface area (Å²) < 4.78 is 10.1. The molecular weight excluding hydrogens is 136 g/mol. The lowest BCUT2D eigenvalue weighted by Gasteiger charge is -2.27. The van der Waals surface area contributed by atoms with E-state index in [4.69, 9.17) is 14.6 Å². The fraction of sp³-hybridized carbons (Fsp3) is 1.00. The van der Waals surface area contributed by atoms with Crippen molar-refractivity contribution in [1.82, 2.24) is 0 Å². The Bertz CT molecular complexity index is 124. The first-order valence-corrected chi connectivity index (χ1v) is 3.40. The smallest absolute Gasteiger partial charge is 0.184 e. The molecule has 4 nitrogen and oxygen atoms in total. The minimum Gasteiger partial charge on any atom is -0.390 e. The Kier molecular flexibility index (Phi) is 1.42. The molecule has 4 atom stereocenters. The highest BCUT2D eigenvalue weighted by atomic mass is 16.7. The summed E-state index contributed by atoms with van der Waals surface area (Å²) >= 11 is 0. The molecule has 0 aromatic carbocycles. The van der Waals surface area contributed by atoms with E-state index < -0.39 is 18.5 Å². The van der Waals surface area contributed by atoms with Gasteiger partial charge >= 0.3 is 0 Å². The van der Waals surface area contributed by atoms with E-state index >= 15 is 0 Å². The first-order chi connectivity index (χ1) is 4.77. The third-order valence-electron chi connectivity index (χ3n) is 1.96. The quantitative estimate of drug-likeness (QED) is 0.453. The van der Waals surface area contributed by atoms with Gasteiger partial charge in [-0.15, -0.1) is 0 Å². The maximum atomic E-state index is 9.20. The van der Waals surface area contributed by atoms with Gasteiger partial charge < -0.3 is 19.7 Å². The van der Waals surface area contributed by atoms with E-state index in [0.29, 0.717) is 13.0 Å². The molecular formula is C6H10O4. The van der Waals surface area contributed by atoms with Crippen LogP contribution in [0.1, 0.15) is 6.42 Å². The molecule has 0 aromatic heterocycles. The van der Waals surface area contributed by atoms with E-state index in [0.717, 1.165) is 0 Å². The van der Waals surface area contributed by atoms with Crippen molar-refractivity contribution in [3.05, 3.63) is 0 Å². The average Bonchev–Trinajstić information content (AvgIpc) is 2.28. The monoisotopic (exact) mass is 146 g/mol. The van der Waals surface area contributed by atoms with Crippen LogP contribution in [0.2, 0.25) is 0 Å². The molecule has 2 aliphatic heterocycles. The van der Waals surface area contributed by atoms with Crippen molar-refractivity contribution in [1.29, 1.82) is 0 Å². The van der Waals surface area contributed by atoms with Gasteiger partial charge in [-0.3, -0.25) is 0 Å². The van der Waals surface area contributed by atoms with Gasteiger partial charge in [-0.2, -0.15) is 0 Å². The van der Waals surface area contributed by atoms with Gasteiger partial charge in [0.15, 0.2) is 6.29 Å². The Morgan fingerprint density at radius 2 is 2.00 bits per heavy atom. The molecule has 2 N–H and O–H groups in total. The Morgan fingerprint density at radius 1 is 1.20 bits per heavy atom. The summed E-state index contributed by atoms with van der Waals surface area (Å²) in [5, 5.41) is 18.4. The van der Waals surface area contributed by atoms with Crippen LogP contribution in [0, 0.1) is 0 Å². The molecule has 4 heteroatoms. The van der Waals surface area contributed by atoms with Gasteiger partial charge in [0.25, 0.3) is 0 Å². The van der Waals surface area contributed by atoms with Crippen molar-refractivity contribution in [2.24, 2.45) is 0 Å². The van der Waals surface area contributed by atoms with Crippen molar-refractivity contribution in [3.63, 3.8) is 0 Å². The minimum absolute atomic E-state index is 0.214. The fourth-order valence-corrected chi connectivity index (χ4v) is 1.35. The highest BCUT2D eigenvalue weighted by molar-refractivity contribution is 4.85. The predicted octanol–water partition coefficient (Wildman–Crippen LogP) is -1.15. The van der Waals surface area contributed by atoms with Crippen LogP contribution in [0.15, 0.2) is 0 Å². The molecule has 2 bridgehead atoms. The van der Waals surface area contributed by atoms with E-state index in [1.165, 1.54) is 0 Å². The number of ether oxygens (including phenoxy) is 2. The molecule has 2 aliphatic rings. The SMILES string of the molecule is O[C@@H]1C[C@H](O)[C@H]2CO[C@@H]1O2. The molecule has 0 aliphatic carbocycles. The third-order valence-corrected chi connectivity index (χ3v) is 1.96. The van der Waals surface area contributed by atoms with Gasteiger partial charge in [-0.05, 0) is 0 Å². The predicted molar refractivity (Wildman–Crippen MR) is 31.2 cm³/mol. The third kappa shape index (κ3) is 0.845. The highest BCUT2D eigenvalue weighted by Gasteiger charge is 2.42. The Balaban J connectivity index is 2.09. The van der Waals surface area contributed by atoms with E-state index in [2.05, 4.69) is 0 Å². The maximum absolute atomic E-state index is 9.20. The Hall–Kier alpha value is -0.160. The van der Waals surface area contributed by atoms with Gasteiger partial charge in [0.2, 0.25) is 0 Å². The molecule has 10 heavy (non-hydrogen) atoms. The number of hydrogen-bond donors (Lipinski definition) is 2. The van der Waals surface area contributed by atoms with Gasteiger partial charge in [-0.1, -0.05) is 0 Å². The molecule has 58 valence electrons. The summed E-state index contributed by atoms with van der Waals surface area (Å²) in [6, 6.07) is 0. The number of rotatable bonds is 0. The highest BCUT2D eigenvalue weighted by Crippen LogP contribution is 2.27. The Labute approximate surface area is 58.4 Å². The molecule has 2 rings (SSSR count). The second-order valence-electron chi connectivity index (χ2n) is 2.75. The molecule has 0 saturated carbocycles. The lowest BCUT2D eigenvalue weighted by atomic mass is 10.1. The summed E-state index contributed by atoms with van der Waals surface area (Å²) in [7, 11) is 0. The first-order valence-electron chi connectivity index (χ1n) is 3.40. The molecule has 0 unspecified atom stereocenters. The van der Waals surface area contributed by atoms with Crippen molar-refractivity contribution in [2.75, 3.05) is 6.61 Å². The molecule has 2 saturated heterocycles. The van der Waals surface area contributed by atoms with Crippen LogP contribution >= 0.6 is 0 Å². The van der Waals surface area contributed by atoms with Crippen LogP contribution < -0.4 is 0 Å². The second-order valence-corrected chi connectivity index (χ2v) is 2.75. The number of hydrogen-bond acceptors (Lipinski definition) is 4. The number of aliphatic hydroxyl groups excluding tert-OH is 2. The van der Waals surface area contributed by atoms with E-state index in [9.17, 15) is 5.11 Å². The van der Waals surface area contributed by atoms with Crippen LogP contribution in [-0.2, 0) is 9.47 Å². The summed E-state index contributed by atoms with van der Waals surface area (Å²) in [4.78, 5) is 0. The zero-order valence-corrected chi connectivity index (χ0v) is 5.43. The molecule has 0 aromatic rings. The zero-order valence-electron chi connectivity index (χ0n) is 5.43. The molecule has 0 spiro atoms. The van der Waals surface area contributed by atoms with Gasteiger partial charge in [-0.25, -0.2) is 0 Å². The second kappa shape index (κ2) is 2.17. The molecule has 0 amide bonds. The van der Waals surface area contributed by atoms with E-state index in [1.54, 1.807) is 0 Å². The molecule has 2 fully saturated rings. The topological polar surface area (TPSA) is 58.9 Å². The van der Waals surface area contributed by atoms with Crippen LogP contribution in [0.4, 0.5) is 0 Å². The van der Waals surface area contributed by atoms with Crippen molar-refractivity contribution >= 4 is 0 Å². The van der Waals surface area contributed by atoms with E-state index in [-0.39, 0.29) is 6.10 Å². The fourth-order valence-electron chi connectivity index (χ4n) is 1.35. The summed E-state index contributed by atoms with van der Waals surface area (Å²) in [6.07, 6.45) is -1.56. The van der Waals surface area contributed by atoms with Crippen LogP contribution in [0.3, 0.4) is 0 Å².